The van der Waals surface area contributed by atoms with Gasteiger partial charge in [-0.25, -0.2) is 12.7 Å². The summed E-state index contributed by atoms with van der Waals surface area (Å²) in [6, 6.07) is 14.2. The minimum absolute atomic E-state index is 0.0216. The van der Waals surface area contributed by atoms with Crippen molar-refractivity contribution in [3.8, 4) is 10.4 Å². The molecule has 1 aliphatic heterocycles. The lowest BCUT2D eigenvalue weighted by Gasteiger charge is -2.30. The monoisotopic (exact) mass is 390 g/mol. The molecule has 1 aliphatic rings. The van der Waals surface area contributed by atoms with Gasteiger partial charge >= 0.3 is 0 Å². The highest BCUT2D eigenvalue weighted by atomic mass is 32.2. The second-order valence-corrected chi connectivity index (χ2v) is 9.44. The minimum Gasteiger partial charge on any atom is -0.350 e. The zero-order valence-electron chi connectivity index (χ0n) is 14.6. The predicted octanol–water partition coefficient (Wildman–Crippen LogP) is 2.97. The number of carbonyl (C=O) groups excluding carboxylic acids is 1. The normalized spacial score (nSPS) is 16.8. The molecule has 0 saturated carbocycles. The Kier molecular flexibility index (Phi) is 5.90. The highest BCUT2D eigenvalue weighted by Gasteiger charge is 2.25. The molecule has 1 amide bonds. The number of benzene rings is 1. The molecule has 1 saturated heterocycles. The van der Waals surface area contributed by atoms with E-state index >= 15 is 0 Å². The Morgan fingerprint density at radius 2 is 1.85 bits per heavy atom. The third kappa shape index (κ3) is 5.03. The fraction of sp³-hybridized carbons (Fsp3) is 0.316. The molecule has 0 bridgehead atoms. The molecule has 2 aromatic rings. The molecule has 5 nitrogen and oxygen atoms in total. The smallest absolute Gasteiger partial charge is 0.244 e. The second kappa shape index (κ2) is 8.16. The molecule has 26 heavy (non-hydrogen) atoms. The Morgan fingerprint density at radius 1 is 1.15 bits per heavy atom. The van der Waals surface area contributed by atoms with Crippen LogP contribution >= 0.6 is 11.3 Å². The van der Waals surface area contributed by atoms with Crippen LogP contribution in [0.25, 0.3) is 16.5 Å². The highest BCUT2D eigenvalue weighted by molar-refractivity contribution is 7.88. The fourth-order valence-electron chi connectivity index (χ4n) is 2.94. The fourth-order valence-corrected chi connectivity index (χ4v) is 4.73. The van der Waals surface area contributed by atoms with Gasteiger partial charge in [-0.3, -0.25) is 4.79 Å². The van der Waals surface area contributed by atoms with Gasteiger partial charge in [-0.05, 0) is 36.6 Å². The topological polar surface area (TPSA) is 66.5 Å². The van der Waals surface area contributed by atoms with Crippen molar-refractivity contribution in [2.75, 3.05) is 19.3 Å². The standard InChI is InChI=1S/C19H22N2O3S2/c1-26(23,24)21-13-11-16(12-14-21)20-19(22)10-8-17-7-9-18(25-17)15-5-3-2-4-6-15/h2-10,16H,11-14H2,1H3,(H,20,22)/b10-8+. The molecule has 7 heteroatoms. The molecular weight excluding hydrogens is 368 g/mol. The van der Waals surface area contributed by atoms with E-state index in [2.05, 4.69) is 23.5 Å². The Bertz CT molecular complexity index is 881. The van der Waals surface area contributed by atoms with Crippen LogP contribution in [-0.4, -0.2) is 44.0 Å². The Balaban J connectivity index is 1.52. The van der Waals surface area contributed by atoms with Gasteiger partial charge in [0, 0.05) is 35.0 Å². The SMILES string of the molecule is CS(=O)(=O)N1CCC(NC(=O)/C=C/c2ccc(-c3ccccc3)s2)CC1. The largest absolute Gasteiger partial charge is 0.350 e. The zero-order valence-corrected chi connectivity index (χ0v) is 16.2. The van der Waals surface area contributed by atoms with E-state index in [9.17, 15) is 13.2 Å². The van der Waals surface area contributed by atoms with E-state index in [1.807, 2.05) is 30.3 Å². The molecular formula is C19H22N2O3S2. The van der Waals surface area contributed by atoms with Crippen LogP contribution in [0.3, 0.4) is 0 Å². The van der Waals surface area contributed by atoms with Crippen molar-refractivity contribution in [2.45, 2.75) is 18.9 Å². The van der Waals surface area contributed by atoms with Crippen LogP contribution in [0.2, 0.25) is 0 Å². The Hall–Kier alpha value is -1.96. The lowest BCUT2D eigenvalue weighted by atomic mass is 10.1. The summed E-state index contributed by atoms with van der Waals surface area (Å²) in [5, 5.41) is 2.96. The number of hydrogen-bond acceptors (Lipinski definition) is 4. The van der Waals surface area contributed by atoms with E-state index in [1.165, 1.54) is 21.0 Å². The number of amides is 1. The van der Waals surface area contributed by atoms with Gasteiger partial charge in [-0.15, -0.1) is 11.3 Å². The van der Waals surface area contributed by atoms with Gasteiger partial charge in [0.15, 0.2) is 0 Å². The maximum absolute atomic E-state index is 12.1. The number of thiophene rings is 1. The number of piperidine rings is 1. The molecule has 1 aromatic carbocycles. The molecule has 0 atom stereocenters. The van der Waals surface area contributed by atoms with E-state index in [4.69, 9.17) is 0 Å². The van der Waals surface area contributed by atoms with Gasteiger partial charge in [0.2, 0.25) is 15.9 Å². The number of carbonyl (C=O) groups is 1. The van der Waals surface area contributed by atoms with E-state index in [0.29, 0.717) is 25.9 Å². The lowest BCUT2D eigenvalue weighted by Crippen LogP contribution is -2.45. The van der Waals surface area contributed by atoms with E-state index in [1.54, 1.807) is 17.4 Å². The van der Waals surface area contributed by atoms with Crippen LogP contribution in [0, 0.1) is 0 Å². The van der Waals surface area contributed by atoms with Crippen LogP contribution in [0.4, 0.5) is 0 Å². The van der Waals surface area contributed by atoms with Gasteiger partial charge in [0.1, 0.15) is 0 Å². The van der Waals surface area contributed by atoms with Crippen molar-refractivity contribution in [2.24, 2.45) is 0 Å². The van der Waals surface area contributed by atoms with E-state index < -0.39 is 10.0 Å². The summed E-state index contributed by atoms with van der Waals surface area (Å²) in [6.45, 7) is 0.914. The van der Waals surface area contributed by atoms with Crippen molar-refractivity contribution in [3.63, 3.8) is 0 Å². The molecule has 0 aliphatic carbocycles. The molecule has 0 spiro atoms. The van der Waals surface area contributed by atoms with Crippen molar-refractivity contribution < 1.29 is 13.2 Å². The molecule has 0 radical (unpaired) electrons. The lowest BCUT2D eigenvalue weighted by molar-refractivity contribution is -0.117. The quantitative estimate of drug-likeness (QED) is 0.798. The van der Waals surface area contributed by atoms with Crippen LogP contribution in [-0.2, 0) is 14.8 Å². The van der Waals surface area contributed by atoms with Gasteiger partial charge in [-0.2, -0.15) is 0 Å². The summed E-state index contributed by atoms with van der Waals surface area (Å²) in [5.41, 5.74) is 1.17. The van der Waals surface area contributed by atoms with E-state index in [-0.39, 0.29) is 11.9 Å². The van der Waals surface area contributed by atoms with Gasteiger partial charge in [0.05, 0.1) is 6.26 Å². The summed E-state index contributed by atoms with van der Waals surface area (Å²) >= 11 is 1.64. The van der Waals surface area contributed by atoms with Crippen LogP contribution in [0.1, 0.15) is 17.7 Å². The molecule has 1 N–H and O–H groups in total. The van der Waals surface area contributed by atoms with Gasteiger partial charge < -0.3 is 5.32 Å². The summed E-state index contributed by atoms with van der Waals surface area (Å²) in [7, 11) is -3.14. The number of nitrogens with one attached hydrogen (secondary N) is 1. The first-order valence-electron chi connectivity index (χ1n) is 8.51. The maximum Gasteiger partial charge on any atom is 0.244 e. The number of nitrogens with zero attached hydrogens (tertiary/aromatic N) is 1. The first-order chi connectivity index (χ1) is 12.4. The molecule has 2 heterocycles. The van der Waals surface area contributed by atoms with Gasteiger partial charge in [-0.1, -0.05) is 30.3 Å². The summed E-state index contributed by atoms with van der Waals surface area (Å²) in [4.78, 5) is 14.3. The molecule has 138 valence electrons. The average Bonchev–Trinajstić information content (AvgIpc) is 3.09. The number of rotatable bonds is 5. The molecule has 1 fully saturated rings. The first-order valence-corrected chi connectivity index (χ1v) is 11.2. The zero-order chi connectivity index (χ0) is 18.6. The number of hydrogen-bond donors (Lipinski definition) is 1. The highest BCUT2D eigenvalue weighted by Crippen LogP contribution is 2.28. The van der Waals surface area contributed by atoms with Crippen molar-refractivity contribution >= 4 is 33.3 Å². The third-order valence-electron chi connectivity index (χ3n) is 4.35. The van der Waals surface area contributed by atoms with Crippen molar-refractivity contribution in [1.29, 1.82) is 0 Å². The first kappa shape index (κ1) is 18.8. The Labute approximate surface area is 158 Å². The van der Waals surface area contributed by atoms with Crippen LogP contribution in [0.5, 0.6) is 0 Å². The summed E-state index contributed by atoms with van der Waals surface area (Å²) < 4.78 is 24.5. The van der Waals surface area contributed by atoms with Crippen molar-refractivity contribution in [1.82, 2.24) is 9.62 Å². The van der Waals surface area contributed by atoms with Crippen molar-refractivity contribution in [3.05, 3.63) is 53.4 Å². The second-order valence-electron chi connectivity index (χ2n) is 6.35. The molecule has 1 aromatic heterocycles. The Morgan fingerprint density at radius 3 is 2.50 bits per heavy atom. The minimum atomic E-state index is -3.14. The van der Waals surface area contributed by atoms with E-state index in [0.717, 1.165) is 4.88 Å². The van der Waals surface area contributed by atoms with Gasteiger partial charge in [0.25, 0.3) is 0 Å². The number of sulfonamides is 1. The third-order valence-corrected chi connectivity index (χ3v) is 6.76. The molecule has 3 rings (SSSR count). The maximum atomic E-state index is 12.1. The average molecular weight is 391 g/mol. The summed E-state index contributed by atoms with van der Waals surface area (Å²) in [6.07, 6.45) is 5.87. The summed E-state index contributed by atoms with van der Waals surface area (Å²) in [5.74, 6) is -0.141. The van der Waals surface area contributed by atoms with Crippen LogP contribution < -0.4 is 5.32 Å². The predicted molar refractivity (Wildman–Crippen MR) is 106 cm³/mol. The van der Waals surface area contributed by atoms with Crippen LogP contribution in [0.15, 0.2) is 48.5 Å². The molecule has 0 unspecified atom stereocenters.